The van der Waals surface area contributed by atoms with Gasteiger partial charge >= 0.3 is 5.97 Å². The van der Waals surface area contributed by atoms with Gasteiger partial charge in [-0.1, -0.05) is 18.5 Å². The number of rotatable bonds is 4. The third kappa shape index (κ3) is 2.93. The highest BCUT2D eigenvalue weighted by Crippen LogP contribution is 2.13. The summed E-state index contributed by atoms with van der Waals surface area (Å²) < 4.78 is 0. The van der Waals surface area contributed by atoms with Crippen molar-refractivity contribution in [2.45, 2.75) is 19.4 Å². The molecule has 86 valence electrons. The Morgan fingerprint density at radius 3 is 2.81 bits per heavy atom. The molecular formula is C10H11ClN2O3. The summed E-state index contributed by atoms with van der Waals surface area (Å²) in [4.78, 5) is 26.1. The summed E-state index contributed by atoms with van der Waals surface area (Å²) in [5.74, 6) is -1.58. The van der Waals surface area contributed by atoms with E-state index in [1.54, 1.807) is 6.92 Å². The predicted octanol–water partition coefficient (Wildman–Crippen LogP) is 1.33. The molecule has 6 heteroatoms. The molecule has 0 unspecified atom stereocenters. The average molecular weight is 243 g/mol. The molecule has 0 radical (unpaired) electrons. The predicted molar refractivity (Wildman–Crippen MR) is 58.4 cm³/mol. The van der Waals surface area contributed by atoms with Gasteiger partial charge in [-0.2, -0.15) is 0 Å². The van der Waals surface area contributed by atoms with Crippen LogP contribution in [0, 0.1) is 0 Å². The maximum Gasteiger partial charge on any atom is 0.326 e. The highest BCUT2D eigenvalue weighted by molar-refractivity contribution is 6.33. The second-order valence-corrected chi connectivity index (χ2v) is 3.54. The molecule has 0 bridgehead atoms. The minimum absolute atomic E-state index is 0.195. The Morgan fingerprint density at radius 2 is 2.31 bits per heavy atom. The van der Waals surface area contributed by atoms with Gasteiger partial charge in [-0.15, -0.1) is 0 Å². The van der Waals surface area contributed by atoms with E-state index in [2.05, 4.69) is 10.3 Å². The fourth-order valence-electron chi connectivity index (χ4n) is 1.13. The van der Waals surface area contributed by atoms with Crippen molar-refractivity contribution < 1.29 is 14.7 Å². The van der Waals surface area contributed by atoms with Gasteiger partial charge in [-0.3, -0.25) is 9.78 Å². The van der Waals surface area contributed by atoms with E-state index in [1.807, 2.05) is 0 Å². The van der Waals surface area contributed by atoms with Gasteiger partial charge in [0.15, 0.2) is 0 Å². The number of carbonyl (C=O) groups is 2. The number of nitrogens with one attached hydrogen (secondary N) is 1. The molecule has 0 aromatic carbocycles. The Kier molecular flexibility index (Phi) is 4.25. The summed E-state index contributed by atoms with van der Waals surface area (Å²) in [6.45, 7) is 1.67. The number of carboxylic acid groups (broad SMARTS) is 1. The Morgan fingerprint density at radius 1 is 1.62 bits per heavy atom. The van der Waals surface area contributed by atoms with Crippen LogP contribution in [0.2, 0.25) is 5.02 Å². The number of aliphatic carboxylic acids is 1. The normalized spacial score (nSPS) is 11.9. The van der Waals surface area contributed by atoms with Crippen LogP contribution in [-0.4, -0.2) is 28.0 Å². The van der Waals surface area contributed by atoms with E-state index in [0.717, 1.165) is 0 Å². The van der Waals surface area contributed by atoms with Crippen LogP contribution in [0.25, 0.3) is 0 Å². The van der Waals surface area contributed by atoms with Crippen molar-refractivity contribution in [3.63, 3.8) is 0 Å². The summed E-state index contributed by atoms with van der Waals surface area (Å²) in [6, 6.07) is 0.531. The van der Waals surface area contributed by atoms with Crippen LogP contribution in [-0.2, 0) is 4.79 Å². The monoisotopic (exact) mass is 242 g/mol. The Balaban J connectivity index is 2.80. The summed E-state index contributed by atoms with van der Waals surface area (Å²) in [5, 5.41) is 11.3. The molecule has 0 aliphatic rings. The zero-order valence-electron chi connectivity index (χ0n) is 8.61. The third-order valence-corrected chi connectivity index (χ3v) is 2.33. The minimum Gasteiger partial charge on any atom is -0.480 e. The van der Waals surface area contributed by atoms with Crippen LogP contribution >= 0.6 is 11.6 Å². The van der Waals surface area contributed by atoms with E-state index in [0.29, 0.717) is 6.42 Å². The first-order chi connectivity index (χ1) is 7.56. The Hall–Kier alpha value is -1.62. The Bertz CT molecular complexity index is 409. The topological polar surface area (TPSA) is 79.3 Å². The molecule has 1 amide bonds. The molecule has 1 aromatic rings. The van der Waals surface area contributed by atoms with Crippen molar-refractivity contribution in [1.82, 2.24) is 10.3 Å². The van der Waals surface area contributed by atoms with Gasteiger partial charge in [0.1, 0.15) is 6.04 Å². The lowest BCUT2D eigenvalue weighted by atomic mass is 10.2. The number of halogens is 1. The smallest absolute Gasteiger partial charge is 0.326 e. The van der Waals surface area contributed by atoms with E-state index in [9.17, 15) is 9.59 Å². The number of carbonyl (C=O) groups excluding carboxylic acids is 1. The molecule has 16 heavy (non-hydrogen) atoms. The van der Waals surface area contributed by atoms with Crippen molar-refractivity contribution in [2.75, 3.05) is 0 Å². The van der Waals surface area contributed by atoms with E-state index < -0.39 is 17.9 Å². The van der Waals surface area contributed by atoms with Crippen LogP contribution < -0.4 is 5.32 Å². The van der Waals surface area contributed by atoms with Gasteiger partial charge in [0, 0.05) is 12.4 Å². The highest BCUT2D eigenvalue weighted by Gasteiger charge is 2.19. The standard InChI is InChI=1S/C10H11ClN2O3/c1-2-8(10(15)16)13-9(14)6-3-4-12-5-7(6)11/h3-5,8H,2H2,1H3,(H,13,14)(H,15,16)/t8-/m1/s1. The van der Waals surface area contributed by atoms with Gasteiger partial charge < -0.3 is 10.4 Å². The summed E-state index contributed by atoms with van der Waals surface area (Å²) in [5.41, 5.74) is 0.219. The number of amides is 1. The molecule has 0 fully saturated rings. The number of hydrogen-bond donors (Lipinski definition) is 2. The van der Waals surface area contributed by atoms with Crippen molar-refractivity contribution >= 4 is 23.5 Å². The molecule has 1 rings (SSSR count). The second-order valence-electron chi connectivity index (χ2n) is 3.13. The molecule has 0 spiro atoms. The fraction of sp³-hybridized carbons (Fsp3) is 0.300. The third-order valence-electron chi connectivity index (χ3n) is 2.03. The lowest BCUT2D eigenvalue weighted by molar-refractivity contribution is -0.139. The van der Waals surface area contributed by atoms with E-state index in [1.165, 1.54) is 18.5 Å². The van der Waals surface area contributed by atoms with E-state index >= 15 is 0 Å². The van der Waals surface area contributed by atoms with Gasteiger partial charge in [0.05, 0.1) is 10.6 Å². The molecule has 1 atom stereocenters. The number of aromatic nitrogens is 1. The molecular weight excluding hydrogens is 232 g/mol. The summed E-state index contributed by atoms with van der Waals surface area (Å²) in [7, 11) is 0. The number of nitrogens with zero attached hydrogens (tertiary/aromatic N) is 1. The van der Waals surface area contributed by atoms with Gasteiger partial charge in [0.2, 0.25) is 0 Å². The van der Waals surface area contributed by atoms with E-state index in [-0.39, 0.29) is 10.6 Å². The first kappa shape index (κ1) is 12.4. The highest BCUT2D eigenvalue weighted by atomic mass is 35.5. The van der Waals surface area contributed by atoms with Crippen LogP contribution in [0.5, 0.6) is 0 Å². The SMILES string of the molecule is CC[C@@H](NC(=O)c1ccncc1Cl)C(=O)O. The molecule has 0 saturated heterocycles. The summed E-state index contributed by atoms with van der Waals surface area (Å²) >= 11 is 5.75. The van der Waals surface area contributed by atoms with E-state index in [4.69, 9.17) is 16.7 Å². The van der Waals surface area contributed by atoms with Crippen molar-refractivity contribution in [3.05, 3.63) is 29.0 Å². The zero-order valence-corrected chi connectivity index (χ0v) is 9.36. The first-order valence-electron chi connectivity index (χ1n) is 4.69. The maximum atomic E-state index is 11.7. The summed E-state index contributed by atoms with van der Waals surface area (Å²) in [6.07, 6.45) is 3.06. The van der Waals surface area contributed by atoms with Crippen LogP contribution in [0.3, 0.4) is 0 Å². The lowest BCUT2D eigenvalue weighted by Gasteiger charge is -2.12. The first-order valence-corrected chi connectivity index (χ1v) is 5.07. The lowest BCUT2D eigenvalue weighted by Crippen LogP contribution is -2.40. The van der Waals surface area contributed by atoms with Gasteiger partial charge in [-0.05, 0) is 12.5 Å². The maximum absolute atomic E-state index is 11.7. The minimum atomic E-state index is -1.07. The average Bonchev–Trinajstić information content (AvgIpc) is 2.25. The number of pyridine rings is 1. The quantitative estimate of drug-likeness (QED) is 0.835. The van der Waals surface area contributed by atoms with Crippen LogP contribution in [0.15, 0.2) is 18.5 Å². The molecule has 1 aromatic heterocycles. The zero-order chi connectivity index (χ0) is 12.1. The largest absolute Gasteiger partial charge is 0.480 e. The van der Waals surface area contributed by atoms with Crippen LogP contribution in [0.4, 0.5) is 0 Å². The van der Waals surface area contributed by atoms with Crippen LogP contribution in [0.1, 0.15) is 23.7 Å². The molecule has 0 aliphatic carbocycles. The van der Waals surface area contributed by atoms with Crippen molar-refractivity contribution in [1.29, 1.82) is 0 Å². The fourth-order valence-corrected chi connectivity index (χ4v) is 1.34. The number of hydrogen-bond acceptors (Lipinski definition) is 3. The second kappa shape index (κ2) is 5.46. The van der Waals surface area contributed by atoms with Gasteiger partial charge in [-0.25, -0.2) is 4.79 Å². The Labute approximate surface area is 97.4 Å². The molecule has 0 aliphatic heterocycles. The van der Waals surface area contributed by atoms with Crippen molar-refractivity contribution in [2.24, 2.45) is 0 Å². The van der Waals surface area contributed by atoms with Crippen molar-refractivity contribution in [3.8, 4) is 0 Å². The van der Waals surface area contributed by atoms with Gasteiger partial charge in [0.25, 0.3) is 5.91 Å². The molecule has 0 saturated carbocycles. The molecule has 1 heterocycles. The number of carboxylic acids is 1. The molecule has 5 nitrogen and oxygen atoms in total. The molecule has 2 N–H and O–H groups in total.